The molecule has 0 atom stereocenters. The van der Waals surface area contributed by atoms with Crippen LogP contribution in [0.1, 0.15) is 27.0 Å². The van der Waals surface area contributed by atoms with E-state index in [0.29, 0.717) is 16.9 Å². The van der Waals surface area contributed by atoms with E-state index >= 15 is 0 Å². The number of hydrogen-bond acceptors (Lipinski definition) is 5. The summed E-state index contributed by atoms with van der Waals surface area (Å²) >= 11 is 0. The molecule has 0 fully saturated rings. The lowest BCUT2D eigenvalue weighted by Crippen LogP contribution is -2.29. The number of benzene rings is 3. The van der Waals surface area contributed by atoms with E-state index in [-0.39, 0.29) is 35.1 Å². The number of ether oxygens (including phenoxy) is 2. The number of methoxy groups -OCH3 is 1. The predicted molar refractivity (Wildman–Crippen MR) is 141 cm³/mol. The number of aryl methyl sites for hydroxylation is 2. The van der Waals surface area contributed by atoms with E-state index in [1.165, 1.54) is 29.8 Å². The molecule has 38 heavy (non-hydrogen) atoms. The molecular weight excluding hydrogens is 492 g/mol. The Hall–Kier alpha value is -4.66. The Balaban J connectivity index is 1.79. The lowest BCUT2D eigenvalue weighted by Gasteiger charge is -2.20. The third-order valence-electron chi connectivity index (χ3n) is 6.00. The second-order valence-corrected chi connectivity index (χ2v) is 8.76. The van der Waals surface area contributed by atoms with E-state index in [1.807, 2.05) is 0 Å². The van der Waals surface area contributed by atoms with Gasteiger partial charge in [0, 0.05) is 19.7 Å². The highest BCUT2D eigenvalue weighted by Crippen LogP contribution is 2.33. The summed E-state index contributed by atoms with van der Waals surface area (Å²) in [5.74, 6) is -1.50. The van der Waals surface area contributed by atoms with Crippen molar-refractivity contribution in [2.75, 3.05) is 12.4 Å². The van der Waals surface area contributed by atoms with Crippen LogP contribution in [0.25, 0.3) is 0 Å². The van der Waals surface area contributed by atoms with E-state index in [1.54, 1.807) is 63.4 Å². The minimum absolute atomic E-state index is 0.0180. The Morgan fingerprint density at radius 1 is 0.974 bits per heavy atom. The number of nitrogens with zero attached hydrogens (tertiary/aromatic N) is 1. The SMILES string of the molecule is COc1ccc(CNC(=O)c2c(Oc3cccc(C)c3F)cc(=O)n(C)c2Nc2ccc(C)cc2F)cc1. The number of anilines is 2. The van der Waals surface area contributed by atoms with Crippen molar-refractivity contribution >= 4 is 17.4 Å². The van der Waals surface area contributed by atoms with Gasteiger partial charge >= 0.3 is 0 Å². The van der Waals surface area contributed by atoms with Crippen LogP contribution >= 0.6 is 0 Å². The fourth-order valence-corrected chi connectivity index (χ4v) is 3.80. The molecule has 0 aliphatic carbocycles. The Bertz CT molecular complexity index is 1550. The average molecular weight is 520 g/mol. The van der Waals surface area contributed by atoms with Crippen molar-refractivity contribution in [1.82, 2.24) is 9.88 Å². The normalized spacial score (nSPS) is 10.7. The average Bonchev–Trinajstić information content (AvgIpc) is 2.90. The summed E-state index contributed by atoms with van der Waals surface area (Å²) in [6, 6.07) is 17.3. The summed E-state index contributed by atoms with van der Waals surface area (Å²) in [4.78, 5) is 26.4. The lowest BCUT2D eigenvalue weighted by molar-refractivity contribution is 0.0948. The minimum atomic E-state index is -0.628. The molecule has 0 aliphatic rings. The number of rotatable bonds is 8. The van der Waals surface area contributed by atoms with Gasteiger partial charge in [-0.15, -0.1) is 0 Å². The van der Waals surface area contributed by atoms with Crippen LogP contribution < -0.4 is 25.7 Å². The fraction of sp³-hybridized carbons (Fsp3) is 0.172. The van der Waals surface area contributed by atoms with Crippen LogP contribution in [0, 0.1) is 25.5 Å². The highest BCUT2D eigenvalue weighted by Gasteiger charge is 2.24. The molecular formula is C29H27F2N3O4. The molecule has 1 aromatic heterocycles. The zero-order valence-corrected chi connectivity index (χ0v) is 21.4. The van der Waals surface area contributed by atoms with Gasteiger partial charge < -0.3 is 20.1 Å². The van der Waals surface area contributed by atoms with Crippen LogP contribution in [0.3, 0.4) is 0 Å². The van der Waals surface area contributed by atoms with Crippen LogP contribution in [0.2, 0.25) is 0 Å². The third-order valence-corrected chi connectivity index (χ3v) is 6.00. The first-order valence-corrected chi connectivity index (χ1v) is 11.8. The van der Waals surface area contributed by atoms with Gasteiger partial charge in [0.05, 0.1) is 12.8 Å². The second-order valence-electron chi connectivity index (χ2n) is 8.76. The van der Waals surface area contributed by atoms with E-state index in [4.69, 9.17) is 9.47 Å². The molecule has 0 saturated carbocycles. The van der Waals surface area contributed by atoms with Gasteiger partial charge in [0.2, 0.25) is 0 Å². The molecule has 1 amide bonds. The van der Waals surface area contributed by atoms with Gasteiger partial charge in [0.25, 0.3) is 11.5 Å². The first-order chi connectivity index (χ1) is 18.2. The first-order valence-electron chi connectivity index (χ1n) is 11.8. The zero-order valence-electron chi connectivity index (χ0n) is 21.4. The number of amides is 1. The number of carbonyl (C=O) groups is 1. The fourth-order valence-electron chi connectivity index (χ4n) is 3.80. The molecule has 2 N–H and O–H groups in total. The van der Waals surface area contributed by atoms with Gasteiger partial charge in [-0.25, -0.2) is 8.78 Å². The highest BCUT2D eigenvalue weighted by atomic mass is 19.1. The quantitative estimate of drug-likeness (QED) is 0.310. The van der Waals surface area contributed by atoms with Crippen molar-refractivity contribution in [2.24, 2.45) is 7.05 Å². The molecule has 9 heteroatoms. The first kappa shape index (κ1) is 26.4. The maximum absolute atomic E-state index is 14.8. The van der Waals surface area contributed by atoms with Crippen LogP contribution in [-0.4, -0.2) is 17.6 Å². The van der Waals surface area contributed by atoms with Crippen molar-refractivity contribution in [2.45, 2.75) is 20.4 Å². The molecule has 4 rings (SSSR count). The van der Waals surface area contributed by atoms with Crippen molar-refractivity contribution in [3.05, 3.63) is 111 Å². The molecule has 0 saturated heterocycles. The summed E-state index contributed by atoms with van der Waals surface area (Å²) in [7, 11) is 2.99. The van der Waals surface area contributed by atoms with Crippen molar-refractivity contribution in [3.8, 4) is 17.2 Å². The largest absolute Gasteiger partial charge is 0.497 e. The molecule has 3 aromatic carbocycles. The number of carbonyl (C=O) groups excluding carboxylic acids is 1. The number of aromatic nitrogens is 1. The maximum Gasteiger partial charge on any atom is 0.259 e. The molecule has 196 valence electrons. The van der Waals surface area contributed by atoms with Crippen LogP contribution in [0.15, 0.2) is 71.5 Å². The van der Waals surface area contributed by atoms with Gasteiger partial charge in [0.15, 0.2) is 11.6 Å². The standard InChI is InChI=1S/C29H27F2N3O4/c1-17-8-13-22(21(30)14-17)33-28-26(29(36)32-16-19-9-11-20(37-4)12-10-19)24(15-25(35)34(28)3)38-23-7-5-6-18(2)27(23)31/h5-15,33H,16H2,1-4H3,(H,32,36). The molecule has 0 bridgehead atoms. The summed E-state index contributed by atoms with van der Waals surface area (Å²) in [5.41, 5.74) is 1.23. The Labute approximate surface area is 218 Å². The van der Waals surface area contributed by atoms with Gasteiger partial charge in [0.1, 0.15) is 28.7 Å². The molecule has 0 aliphatic heterocycles. The molecule has 0 unspecified atom stereocenters. The van der Waals surface area contributed by atoms with E-state index in [9.17, 15) is 18.4 Å². The van der Waals surface area contributed by atoms with Crippen LogP contribution in [-0.2, 0) is 13.6 Å². The van der Waals surface area contributed by atoms with Gasteiger partial charge in [-0.1, -0.05) is 30.3 Å². The van der Waals surface area contributed by atoms with Crippen molar-refractivity contribution < 1.29 is 23.0 Å². The van der Waals surface area contributed by atoms with E-state index in [2.05, 4.69) is 10.6 Å². The smallest absolute Gasteiger partial charge is 0.259 e. The van der Waals surface area contributed by atoms with Crippen molar-refractivity contribution in [3.63, 3.8) is 0 Å². The number of halogens is 2. The van der Waals surface area contributed by atoms with Gasteiger partial charge in [-0.3, -0.25) is 14.2 Å². The zero-order chi connectivity index (χ0) is 27.4. The Morgan fingerprint density at radius 3 is 2.39 bits per heavy atom. The number of hydrogen-bond donors (Lipinski definition) is 2. The summed E-state index contributed by atoms with van der Waals surface area (Å²) < 4.78 is 41.6. The molecule has 0 spiro atoms. The summed E-state index contributed by atoms with van der Waals surface area (Å²) in [6.07, 6.45) is 0. The third kappa shape index (κ3) is 5.67. The van der Waals surface area contributed by atoms with Crippen molar-refractivity contribution in [1.29, 1.82) is 0 Å². The molecule has 7 nitrogen and oxygen atoms in total. The maximum atomic E-state index is 14.8. The van der Waals surface area contributed by atoms with Gasteiger partial charge in [-0.05, 0) is 60.9 Å². The minimum Gasteiger partial charge on any atom is -0.497 e. The number of nitrogens with one attached hydrogen (secondary N) is 2. The Morgan fingerprint density at radius 2 is 1.71 bits per heavy atom. The van der Waals surface area contributed by atoms with E-state index in [0.717, 1.165) is 11.6 Å². The van der Waals surface area contributed by atoms with Gasteiger partial charge in [-0.2, -0.15) is 0 Å². The Kier molecular flexibility index (Phi) is 7.76. The lowest BCUT2D eigenvalue weighted by atomic mass is 10.1. The second kappa shape index (κ2) is 11.2. The molecule has 1 heterocycles. The van der Waals surface area contributed by atoms with Crippen LogP contribution in [0.5, 0.6) is 17.2 Å². The summed E-state index contributed by atoms with van der Waals surface area (Å²) in [5, 5.41) is 5.66. The molecule has 4 aromatic rings. The van der Waals surface area contributed by atoms with Crippen LogP contribution in [0.4, 0.5) is 20.3 Å². The van der Waals surface area contributed by atoms with E-state index < -0.39 is 23.1 Å². The highest BCUT2D eigenvalue weighted by molar-refractivity contribution is 6.02. The molecule has 0 radical (unpaired) electrons. The topological polar surface area (TPSA) is 81.6 Å². The monoisotopic (exact) mass is 519 g/mol. The summed E-state index contributed by atoms with van der Waals surface area (Å²) in [6.45, 7) is 3.45. The number of pyridine rings is 1. The predicted octanol–water partition coefficient (Wildman–Crippen LogP) is 5.75.